The summed E-state index contributed by atoms with van der Waals surface area (Å²) in [6.45, 7) is 1.75. The molecule has 0 fully saturated rings. The Morgan fingerprint density at radius 3 is 2.67 bits per heavy atom. The molecule has 1 aromatic heterocycles. The normalized spacial score (nSPS) is 10.2. The molecule has 0 saturated carbocycles. The molecule has 1 rings (SSSR count). The first-order chi connectivity index (χ1) is 5.70. The van der Waals surface area contributed by atoms with Crippen molar-refractivity contribution in [1.82, 2.24) is 4.98 Å². The van der Waals surface area contributed by atoms with Crippen LogP contribution in [-0.2, 0) is 10.7 Å². The predicted octanol–water partition coefficient (Wildman–Crippen LogP) is 1.70. The average Bonchev–Trinajstić information content (AvgIpc) is 2.09. The van der Waals surface area contributed by atoms with Crippen LogP contribution in [0.5, 0.6) is 0 Å². The maximum Gasteiger partial charge on any atom is 0.333 e. The zero-order chi connectivity index (χ0) is 9.14. The number of halogens is 2. The van der Waals surface area contributed by atoms with Gasteiger partial charge in [0.25, 0.3) is 0 Å². The standard InChI is InChI=1S/C7H9Br2N2O/c1-5-10-4-6(2-8)7(3-9)11(5)12/h4,12H,2-3H2,1H3/q+1. The molecule has 0 bridgehead atoms. The second-order valence-electron chi connectivity index (χ2n) is 2.36. The molecule has 12 heavy (non-hydrogen) atoms. The highest BCUT2D eigenvalue weighted by Crippen LogP contribution is 2.10. The maximum atomic E-state index is 9.51. The first-order valence-electron chi connectivity index (χ1n) is 3.41. The fourth-order valence-corrected chi connectivity index (χ4v) is 1.95. The molecule has 0 aliphatic carbocycles. The molecule has 0 aliphatic heterocycles. The van der Waals surface area contributed by atoms with E-state index >= 15 is 0 Å². The van der Waals surface area contributed by atoms with Crippen molar-refractivity contribution in [2.75, 3.05) is 0 Å². The molecule has 1 aromatic rings. The largest absolute Gasteiger partial charge is 0.350 e. The average molecular weight is 297 g/mol. The fraction of sp³-hybridized carbons (Fsp3) is 0.429. The lowest BCUT2D eigenvalue weighted by atomic mass is 10.3. The van der Waals surface area contributed by atoms with Crippen LogP contribution in [0.15, 0.2) is 6.20 Å². The summed E-state index contributed by atoms with van der Waals surface area (Å²) in [7, 11) is 0. The Balaban J connectivity index is 3.25. The molecular formula is C7H9Br2N2O+. The number of rotatable bonds is 2. The Hall–Kier alpha value is -0.160. The topological polar surface area (TPSA) is 37.0 Å². The SMILES string of the molecule is Cc1ncc(CBr)c(CBr)[n+]1O. The van der Waals surface area contributed by atoms with Gasteiger partial charge in [0.1, 0.15) is 6.20 Å². The molecule has 66 valence electrons. The van der Waals surface area contributed by atoms with Gasteiger partial charge in [0.15, 0.2) is 5.69 Å². The van der Waals surface area contributed by atoms with Crippen molar-refractivity contribution < 1.29 is 9.94 Å². The van der Waals surface area contributed by atoms with Gasteiger partial charge in [-0.3, -0.25) is 0 Å². The Morgan fingerprint density at radius 2 is 2.17 bits per heavy atom. The van der Waals surface area contributed by atoms with E-state index in [9.17, 15) is 5.21 Å². The molecule has 0 amide bonds. The lowest BCUT2D eigenvalue weighted by Crippen LogP contribution is -2.40. The number of nitrogens with zero attached hydrogens (tertiary/aromatic N) is 2. The second-order valence-corrected chi connectivity index (χ2v) is 3.48. The smallest absolute Gasteiger partial charge is 0.333 e. The Bertz CT molecular complexity index is 291. The molecule has 0 aromatic carbocycles. The second kappa shape index (κ2) is 4.18. The van der Waals surface area contributed by atoms with E-state index < -0.39 is 0 Å². The molecule has 1 N–H and O–H groups in total. The van der Waals surface area contributed by atoms with Gasteiger partial charge in [-0.15, -0.1) is 0 Å². The monoisotopic (exact) mass is 295 g/mol. The molecule has 0 radical (unpaired) electrons. The van der Waals surface area contributed by atoms with Crippen LogP contribution in [0.4, 0.5) is 0 Å². The number of hydrogen-bond donors (Lipinski definition) is 1. The molecule has 0 unspecified atom stereocenters. The number of alkyl halides is 2. The third-order valence-corrected chi connectivity index (χ3v) is 2.75. The van der Waals surface area contributed by atoms with Crippen LogP contribution >= 0.6 is 31.9 Å². The van der Waals surface area contributed by atoms with E-state index in [1.807, 2.05) is 0 Å². The minimum Gasteiger partial charge on any atom is -0.350 e. The molecule has 0 saturated heterocycles. The van der Waals surface area contributed by atoms with Gasteiger partial charge < -0.3 is 5.21 Å². The van der Waals surface area contributed by atoms with E-state index in [0.717, 1.165) is 16.0 Å². The van der Waals surface area contributed by atoms with Crippen molar-refractivity contribution in [3.63, 3.8) is 0 Å². The van der Waals surface area contributed by atoms with Crippen LogP contribution in [0, 0.1) is 6.92 Å². The third kappa shape index (κ3) is 1.77. The van der Waals surface area contributed by atoms with Crippen LogP contribution in [0.3, 0.4) is 0 Å². The summed E-state index contributed by atoms with van der Waals surface area (Å²) in [6.07, 6.45) is 1.76. The highest BCUT2D eigenvalue weighted by atomic mass is 79.9. The first-order valence-corrected chi connectivity index (χ1v) is 5.65. The zero-order valence-corrected chi connectivity index (χ0v) is 9.76. The van der Waals surface area contributed by atoms with Gasteiger partial charge in [-0.25, -0.2) is 0 Å². The summed E-state index contributed by atoms with van der Waals surface area (Å²) < 4.78 is 1.10. The molecule has 0 atom stereocenters. The van der Waals surface area contributed by atoms with Gasteiger partial charge in [-0.05, 0) is 4.73 Å². The minimum atomic E-state index is 0.592. The molecule has 0 spiro atoms. The van der Waals surface area contributed by atoms with E-state index in [-0.39, 0.29) is 0 Å². The van der Waals surface area contributed by atoms with Crippen LogP contribution in [0.2, 0.25) is 0 Å². The van der Waals surface area contributed by atoms with Crippen molar-refractivity contribution in [2.45, 2.75) is 17.6 Å². The quantitative estimate of drug-likeness (QED) is 0.512. The summed E-state index contributed by atoms with van der Waals surface area (Å²) in [5, 5.41) is 10.8. The summed E-state index contributed by atoms with van der Waals surface area (Å²) in [4.78, 5) is 4.02. The lowest BCUT2D eigenvalue weighted by molar-refractivity contribution is -0.915. The third-order valence-electron chi connectivity index (χ3n) is 1.61. The van der Waals surface area contributed by atoms with Gasteiger partial charge in [0, 0.05) is 12.3 Å². The highest BCUT2D eigenvalue weighted by molar-refractivity contribution is 9.09. The van der Waals surface area contributed by atoms with Crippen molar-refractivity contribution in [1.29, 1.82) is 0 Å². The van der Waals surface area contributed by atoms with Crippen molar-refractivity contribution >= 4 is 31.9 Å². The zero-order valence-electron chi connectivity index (χ0n) is 6.59. The Labute approximate surface area is 87.7 Å². The molecular weight excluding hydrogens is 288 g/mol. The number of aryl methyl sites for hydroxylation is 1. The Kier molecular flexibility index (Phi) is 3.46. The van der Waals surface area contributed by atoms with Crippen LogP contribution in [0.25, 0.3) is 0 Å². The van der Waals surface area contributed by atoms with E-state index in [2.05, 4.69) is 36.8 Å². The fourth-order valence-electron chi connectivity index (χ4n) is 0.886. The van der Waals surface area contributed by atoms with Crippen molar-refractivity contribution in [3.8, 4) is 0 Å². The van der Waals surface area contributed by atoms with Gasteiger partial charge in [0.05, 0.1) is 10.9 Å². The van der Waals surface area contributed by atoms with Crippen LogP contribution in [0.1, 0.15) is 17.1 Å². The van der Waals surface area contributed by atoms with E-state index in [4.69, 9.17) is 0 Å². The van der Waals surface area contributed by atoms with Crippen molar-refractivity contribution in [2.24, 2.45) is 0 Å². The predicted molar refractivity (Wildman–Crippen MR) is 51.6 cm³/mol. The van der Waals surface area contributed by atoms with Gasteiger partial charge >= 0.3 is 5.82 Å². The molecule has 0 aliphatic rings. The van der Waals surface area contributed by atoms with Gasteiger partial charge in [-0.1, -0.05) is 36.8 Å². The Morgan fingerprint density at radius 1 is 1.50 bits per heavy atom. The number of hydrogen-bond acceptors (Lipinski definition) is 2. The number of aromatic nitrogens is 2. The minimum absolute atomic E-state index is 0.592. The van der Waals surface area contributed by atoms with Gasteiger partial charge in [0.2, 0.25) is 0 Å². The lowest BCUT2D eigenvalue weighted by Gasteiger charge is -2.01. The summed E-state index contributed by atoms with van der Waals surface area (Å²) in [5.74, 6) is 0.592. The molecule has 3 nitrogen and oxygen atoms in total. The molecule has 1 heterocycles. The summed E-state index contributed by atoms with van der Waals surface area (Å²) in [5.41, 5.74) is 1.82. The molecule has 5 heteroatoms. The van der Waals surface area contributed by atoms with E-state index in [1.54, 1.807) is 13.1 Å². The van der Waals surface area contributed by atoms with Gasteiger partial charge in [-0.2, -0.15) is 0 Å². The first kappa shape index (κ1) is 9.92. The van der Waals surface area contributed by atoms with E-state index in [0.29, 0.717) is 16.5 Å². The van der Waals surface area contributed by atoms with Crippen LogP contribution < -0.4 is 4.73 Å². The van der Waals surface area contributed by atoms with E-state index in [1.165, 1.54) is 0 Å². The maximum absolute atomic E-state index is 9.51. The van der Waals surface area contributed by atoms with Crippen molar-refractivity contribution in [3.05, 3.63) is 23.3 Å². The highest BCUT2D eigenvalue weighted by Gasteiger charge is 2.15. The van der Waals surface area contributed by atoms with Crippen LogP contribution in [-0.4, -0.2) is 10.2 Å². The summed E-state index contributed by atoms with van der Waals surface area (Å²) >= 11 is 6.63. The summed E-state index contributed by atoms with van der Waals surface area (Å²) in [6, 6.07) is 0.